The number of dihydropyridines is 1. The van der Waals surface area contributed by atoms with E-state index in [1.54, 1.807) is 22.1 Å². The number of rotatable bonds is 4. The Bertz CT molecular complexity index is 2470. The molecule has 2 aromatic heterocycles. The molecule has 4 nitrogen and oxygen atoms in total. The summed E-state index contributed by atoms with van der Waals surface area (Å²) in [6.45, 7) is 4.30. The van der Waals surface area contributed by atoms with Crippen LogP contribution >= 0.6 is 22.7 Å². The number of hydrogen-bond donors (Lipinski definition) is 1. The van der Waals surface area contributed by atoms with E-state index in [9.17, 15) is 9.59 Å². The van der Waals surface area contributed by atoms with E-state index in [-0.39, 0.29) is 23.2 Å². The first-order chi connectivity index (χ1) is 24.4. The lowest BCUT2D eigenvalue weighted by Crippen LogP contribution is -2.30. The summed E-state index contributed by atoms with van der Waals surface area (Å²) in [6.07, 6.45) is 6.32. The van der Waals surface area contributed by atoms with Crippen LogP contribution in [0.1, 0.15) is 61.7 Å². The predicted octanol–water partition coefficient (Wildman–Crippen LogP) is 10.5. The highest BCUT2D eigenvalue weighted by atomic mass is 32.1. The molecule has 240 valence electrons. The summed E-state index contributed by atoms with van der Waals surface area (Å²) in [4.78, 5) is 31.1. The standard InChI is InChI=1S/C44H30N2O2S2/c1-25-18-29(19-26(2)45-25)46(27-10-4-3-5-11-27)28-16-17-33-39(20-28)44(37-14-8-6-12-31(37)32-13-7-9-15-38(32)44)40-22-30(50-43(33)40)21-34-41(47)35-23-49-24-36(35)42(34)48/h3-25,45H,1-2H3. The maximum atomic E-state index is 13.3. The molecule has 0 amide bonds. The van der Waals surface area contributed by atoms with Crippen LogP contribution in [-0.2, 0) is 5.41 Å². The smallest absolute Gasteiger partial charge is 0.198 e. The summed E-state index contributed by atoms with van der Waals surface area (Å²) < 4.78 is 0. The predicted molar refractivity (Wildman–Crippen MR) is 205 cm³/mol. The van der Waals surface area contributed by atoms with Gasteiger partial charge in [-0.05, 0) is 101 Å². The highest BCUT2D eigenvalue weighted by molar-refractivity contribution is 7.16. The minimum atomic E-state index is -0.563. The van der Waals surface area contributed by atoms with Crippen molar-refractivity contribution in [3.05, 3.63) is 181 Å². The molecule has 0 fully saturated rings. The Morgan fingerprint density at radius 1 is 0.700 bits per heavy atom. The maximum Gasteiger partial charge on any atom is 0.198 e. The Kier molecular flexibility index (Phi) is 6.29. The minimum Gasteiger partial charge on any atom is -0.383 e. The number of benzene rings is 4. The van der Waals surface area contributed by atoms with Gasteiger partial charge in [0.2, 0.25) is 0 Å². The van der Waals surface area contributed by atoms with E-state index < -0.39 is 5.41 Å². The van der Waals surface area contributed by atoms with Crippen molar-refractivity contribution in [1.29, 1.82) is 0 Å². The molecule has 3 aliphatic carbocycles. The first kappa shape index (κ1) is 29.4. The molecule has 1 N–H and O–H groups in total. The van der Waals surface area contributed by atoms with E-state index in [0.717, 1.165) is 27.6 Å². The van der Waals surface area contributed by atoms with Crippen LogP contribution in [0.2, 0.25) is 0 Å². The fraction of sp³-hybridized carbons (Fsp3) is 0.0909. The van der Waals surface area contributed by atoms with Crippen LogP contribution in [0.4, 0.5) is 11.4 Å². The van der Waals surface area contributed by atoms with Gasteiger partial charge in [0.15, 0.2) is 11.6 Å². The fourth-order valence-corrected chi connectivity index (χ4v) is 10.6. The number of Topliss-reactive ketones (excluding diaryl/α,β-unsaturated/α-hetero) is 2. The molecule has 4 aromatic carbocycles. The van der Waals surface area contributed by atoms with Crippen LogP contribution in [0, 0.1) is 0 Å². The first-order valence-electron chi connectivity index (χ1n) is 16.8. The van der Waals surface area contributed by atoms with Gasteiger partial charge in [0.05, 0.1) is 11.0 Å². The molecule has 0 bridgehead atoms. The molecule has 6 heteroatoms. The molecule has 50 heavy (non-hydrogen) atoms. The highest BCUT2D eigenvalue weighted by Gasteiger charge is 2.53. The number of carbonyl (C=O) groups is 2. The molecule has 1 unspecified atom stereocenters. The van der Waals surface area contributed by atoms with Crippen LogP contribution in [0.3, 0.4) is 0 Å². The third kappa shape index (κ3) is 3.97. The highest BCUT2D eigenvalue weighted by Crippen LogP contribution is 2.65. The van der Waals surface area contributed by atoms with Crippen molar-refractivity contribution in [2.75, 3.05) is 4.90 Å². The van der Waals surface area contributed by atoms with Gasteiger partial charge < -0.3 is 10.2 Å². The Labute approximate surface area is 298 Å². The van der Waals surface area contributed by atoms with Crippen molar-refractivity contribution >= 4 is 51.7 Å². The van der Waals surface area contributed by atoms with Crippen molar-refractivity contribution in [3.8, 4) is 21.6 Å². The second kappa shape index (κ2) is 10.7. The Balaban J connectivity index is 1.22. The van der Waals surface area contributed by atoms with Gasteiger partial charge in [-0.2, -0.15) is 11.3 Å². The quantitative estimate of drug-likeness (QED) is 0.148. The van der Waals surface area contributed by atoms with Gasteiger partial charge in [0.25, 0.3) is 0 Å². The monoisotopic (exact) mass is 682 g/mol. The molecule has 1 spiro atoms. The van der Waals surface area contributed by atoms with Gasteiger partial charge in [-0.15, -0.1) is 11.3 Å². The van der Waals surface area contributed by atoms with Crippen LogP contribution in [0.15, 0.2) is 143 Å². The molecule has 1 atom stereocenters. The van der Waals surface area contributed by atoms with E-state index in [0.29, 0.717) is 11.1 Å². The molecule has 1 aliphatic heterocycles. The lowest BCUT2D eigenvalue weighted by molar-refractivity contribution is 0.0990. The second-order valence-corrected chi connectivity index (χ2v) is 15.2. The molecule has 10 rings (SSSR count). The molecule has 0 radical (unpaired) electrons. The van der Waals surface area contributed by atoms with Crippen LogP contribution in [-0.4, -0.2) is 17.6 Å². The number of carbonyl (C=O) groups excluding carboxylic acids is 2. The lowest BCUT2D eigenvalue weighted by Gasteiger charge is -2.33. The number of allylic oxidation sites excluding steroid dienone is 3. The largest absolute Gasteiger partial charge is 0.383 e. The van der Waals surface area contributed by atoms with Crippen LogP contribution < -0.4 is 10.2 Å². The number of thiophene rings is 2. The average Bonchev–Trinajstić information content (AvgIpc) is 3.93. The molecular weight excluding hydrogens is 653 g/mol. The summed E-state index contributed by atoms with van der Waals surface area (Å²) in [5, 5.41) is 7.11. The number of nitrogens with one attached hydrogen (secondary N) is 1. The number of para-hydroxylation sites is 1. The first-order valence-corrected chi connectivity index (χ1v) is 18.6. The molecule has 0 saturated heterocycles. The molecular formula is C44H30N2O2S2. The normalized spacial score (nSPS) is 17.4. The van der Waals surface area contributed by atoms with E-state index in [1.807, 2.05) is 6.08 Å². The Morgan fingerprint density at radius 3 is 2.04 bits per heavy atom. The van der Waals surface area contributed by atoms with Gasteiger partial charge in [-0.3, -0.25) is 9.59 Å². The van der Waals surface area contributed by atoms with E-state index in [1.165, 1.54) is 55.2 Å². The van der Waals surface area contributed by atoms with Gasteiger partial charge in [-0.25, -0.2) is 0 Å². The number of anilines is 2. The van der Waals surface area contributed by atoms with Crippen molar-refractivity contribution in [2.24, 2.45) is 0 Å². The van der Waals surface area contributed by atoms with Crippen molar-refractivity contribution < 1.29 is 9.59 Å². The third-order valence-corrected chi connectivity index (χ3v) is 12.3. The van der Waals surface area contributed by atoms with Crippen molar-refractivity contribution in [1.82, 2.24) is 5.32 Å². The lowest BCUT2D eigenvalue weighted by atomic mass is 9.71. The summed E-state index contributed by atoms with van der Waals surface area (Å²) in [5.74, 6) is -0.356. The number of ketones is 2. The summed E-state index contributed by atoms with van der Waals surface area (Å²) in [6, 6.07) is 37.5. The Hall–Kier alpha value is -5.56. The average molecular weight is 683 g/mol. The van der Waals surface area contributed by atoms with Gasteiger partial charge >= 0.3 is 0 Å². The maximum absolute atomic E-state index is 13.3. The van der Waals surface area contributed by atoms with Gasteiger partial charge in [0, 0.05) is 60.5 Å². The van der Waals surface area contributed by atoms with Crippen LogP contribution in [0.25, 0.3) is 27.6 Å². The molecule has 6 aromatic rings. The zero-order chi connectivity index (χ0) is 33.7. The molecule has 4 aliphatic rings. The zero-order valence-corrected chi connectivity index (χ0v) is 29.0. The summed E-state index contributed by atoms with van der Waals surface area (Å²) >= 11 is 3.07. The molecule has 0 saturated carbocycles. The second-order valence-electron chi connectivity index (χ2n) is 13.4. The fourth-order valence-electron chi connectivity index (χ4n) is 8.55. The van der Waals surface area contributed by atoms with Crippen molar-refractivity contribution in [2.45, 2.75) is 25.3 Å². The minimum absolute atomic E-state index is 0.178. The van der Waals surface area contributed by atoms with E-state index in [2.05, 4.69) is 139 Å². The van der Waals surface area contributed by atoms with Crippen LogP contribution in [0.5, 0.6) is 0 Å². The summed E-state index contributed by atoms with van der Waals surface area (Å²) in [7, 11) is 0. The molecule has 3 heterocycles. The number of fused-ring (bicyclic) bond motifs is 11. The van der Waals surface area contributed by atoms with Gasteiger partial charge in [-0.1, -0.05) is 72.8 Å². The summed E-state index contributed by atoms with van der Waals surface area (Å²) in [5.41, 5.74) is 13.8. The van der Waals surface area contributed by atoms with E-state index in [4.69, 9.17) is 0 Å². The SMILES string of the molecule is CC1=CC(N(c2ccccc2)c2ccc3c(c2)C2(c4ccccc4-c4ccccc42)c2cc(C=C4C(=O)c5cscc5C4=O)sc2-3)=CC(C)N1. The Morgan fingerprint density at radius 2 is 1.36 bits per heavy atom. The third-order valence-electron chi connectivity index (χ3n) is 10.5. The number of hydrogen-bond acceptors (Lipinski definition) is 6. The number of nitrogens with zero attached hydrogens (tertiary/aromatic N) is 1. The van der Waals surface area contributed by atoms with Crippen molar-refractivity contribution in [3.63, 3.8) is 0 Å². The van der Waals surface area contributed by atoms with Gasteiger partial charge in [0.1, 0.15) is 0 Å². The zero-order valence-electron chi connectivity index (χ0n) is 27.4. The van der Waals surface area contributed by atoms with E-state index >= 15 is 0 Å². The topological polar surface area (TPSA) is 49.4 Å².